The van der Waals surface area contributed by atoms with Crippen LogP contribution in [-0.2, 0) is 0 Å². The first-order chi connectivity index (χ1) is 6.42. The van der Waals surface area contributed by atoms with E-state index in [0.29, 0.717) is 6.04 Å². The third-order valence-electron chi connectivity index (χ3n) is 2.07. The van der Waals surface area contributed by atoms with Gasteiger partial charge in [0.15, 0.2) is 5.13 Å². The molecule has 0 bridgehead atoms. The Morgan fingerprint density at radius 3 is 3.31 bits per heavy atom. The number of thioether (sulfide) groups is 1. The number of hydrogen-bond acceptors (Lipinski definition) is 4. The Hall–Kier alpha value is 0.260. The Bertz CT molecular complexity index is 253. The summed E-state index contributed by atoms with van der Waals surface area (Å²) in [7, 11) is 0. The number of aromatic nitrogens is 1. The fourth-order valence-electron chi connectivity index (χ4n) is 1.39. The van der Waals surface area contributed by atoms with E-state index in [1.165, 1.54) is 16.6 Å². The van der Waals surface area contributed by atoms with E-state index in [2.05, 4.69) is 25.8 Å². The van der Waals surface area contributed by atoms with E-state index in [0.717, 1.165) is 11.9 Å². The first-order valence-electron chi connectivity index (χ1n) is 4.21. The monoisotopic (exact) mass is 278 g/mol. The summed E-state index contributed by atoms with van der Waals surface area (Å²) in [5.74, 6) is 2.44. The maximum atomic E-state index is 4.35. The predicted octanol–water partition coefficient (Wildman–Crippen LogP) is 2.46. The van der Waals surface area contributed by atoms with Crippen LogP contribution in [-0.4, -0.2) is 34.4 Å². The van der Waals surface area contributed by atoms with Crippen molar-refractivity contribution in [3.05, 3.63) is 11.6 Å². The lowest BCUT2D eigenvalue weighted by Gasteiger charge is -2.34. The van der Waals surface area contributed by atoms with E-state index >= 15 is 0 Å². The van der Waals surface area contributed by atoms with Crippen LogP contribution < -0.4 is 4.90 Å². The van der Waals surface area contributed by atoms with Gasteiger partial charge in [0.1, 0.15) is 0 Å². The number of nitrogens with zero attached hydrogens (tertiary/aromatic N) is 2. The topological polar surface area (TPSA) is 16.1 Å². The van der Waals surface area contributed by atoms with E-state index in [1.807, 2.05) is 23.3 Å². The molecule has 0 aromatic carbocycles. The van der Waals surface area contributed by atoms with Gasteiger partial charge < -0.3 is 4.90 Å². The normalized spacial score (nSPS) is 23.5. The number of hydrogen-bond donors (Lipinski definition) is 0. The molecule has 0 saturated carbocycles. The van der Waals surface area contributed by atoms with Crippen molar-refractivity contribution in [1.82, 2.24) is 4.98 Å². The van der Waals surface area contributed by atoms with Gasteiger partial charge in [-0.1, -0.05) is 15.9 Å². The maximum absolute atomic E-state index is 4.35. The highest BCUT2D eigenvalue weighted by Crippen LogP contribution is 2.26. The van der Waals surface area contributed by atoms with E-state index < -0.39 is 0 Å². The molecule has 1 aromatic heterocycles. The predicted molar refractivity (Wildman–Crippen MR) is 64.4 cm³/mol. The number of anilines is 1. The largest absolute Gasteiger partial charge is 0.343 e. The summed E-state index contributed by atoms with van der Waals surface area (Å²) >= 11 is 7.33. The molecule has 1 atom stereocenters. The Morgan fingerprint density at radius 2 is 2.62 bits per heavy atom. The molecule has 1 unspecified atom stereocenters. The molecular weight excluding hydrogens is 268 g/mol. The highest BCUT2D eigenvalue weighted by molar-refractivity contribution is 9.09. The van der Waals surface area contributed by atoms with E-state index in [4.69, 9.17) is 0 Å². The third-order valence-corrected chi connectivity index (χ3v) is 4.72. The molecule has 2 rings (SSSR count). The quantitative estimate of drug-likeness (QED) is 0.774. The van der Waals surface area contributed by atoms with Crippen LogP contribution >= 0.6 is 39.0 Å². The summed E-state index contributed by atoms with van der Waals surface area (Å²) in [5, 5.41) is 4.26. The fraction of sp³-hybridized carbons (Fsp3) is 0.625. The Balaban J connectivity index is 2.11. The molecule has 0 spiro atoms. The number of rotatable bonds is 2. The highest BCUT2D eigenvalue weighted by atomic mass is 79.9. The van der Waals surface area contributed by atoms with Crippen molar-refractivity contribution >= 4 is 44.2 Å². The second kappa shape index (κ2) is 4.66. The molecule has 0 amide bonds. The lowest BCUT2D eigenvalue weighted by atomic mass is 10.3. The molecule has 0 radical (unpaired) electrons. The van der Waals surface area contributed by atoms with Gasteiger partial charge >= 0.3 is 0 Å². The molecular formula is C8H11BrN2S2. The Kier molecular flexibility index (Phi) is 3.51. The number of thiazole rings is 1. The Morgan fingerprint density at radius 1 is 1.69 bits per heavy atom. The molecule has 0 N–H and O–H groups in total. The van der Waals surface area contributed by atoms with Gasteiger partial charge in [-0.05, 0) is 0 Å². The SMILES string of the molecule is BrCC1CSCCN1c1nccs1. The molecule has 72 valence electrons. The average Bonchev–Trinajstić information content (AvgIpc) is 2.70. The lowest BCUT2D eigenvalue weighted by Crippen LogP contribution is -2.43. The van der Waals surface area contributed by atoms with Crippen LogP contribution in [0.4, 0.5) is 5.13 Å². The smallest absolute Gasteiger partial charge is 0.185 e. The molecule has 1 saturated heterocycles. The molecule has 2 nitrogen and oxygen atoms in total. The standard InChI is InChI=1S/C8H11BrN2S2/c9-5-7-6-12-4-2-11(7)8-10-1-3-13-8/h1,3,7H,2,4-6H2. The summed E-state index contributed by atoms with van der Waals surface area (Å²) in [5.41, 5.74) is 0. The van der Waals surface area contributed by atoms with Crippen LogP contribution in [0, 0.1) is 0 Å². The van der Waals surface area contributed by atoms with Gasteiger partial charge in [-0.2, -0.15) is 11.8 Å². The lowest BCUT2D eigenvalue weighted by molar-refractivity contribution is 0.709. The van der Waals surface area contributed by atoms with Gasteiger partial charge in [-0.15, -0.1) is 11.3 Å². The minimum Gasteiger partial charge on any atom is -0.343 e. The number of halogens is 1. The summed E-state index contributed by atoms with van der Waals surface area (Å²) in [6.45, 7) is 1.13. The average molecular weight is 279 g/mol. The molecule has 2 heterocycles. The second-order valence-electron chi connectivity index (χ2n) is 2.89. The van der Waals surface area contributed by atoms with Crippen molar-refractivity contribution in [2.75, 3.05) is 28.3 Å². The van der Waals surface area contributed by atoms with E-state index in [1.54, 1.807) is 11.3 Å². The molecule has 0 aliphatic carbocycles. The summed E-state index contributed by atoms with van der Waals surface area (Å²) < 4.78 is 0. The summed E-state index contributed by atoms with van der Waals surface area (Å²) in [6.07, 6.45) is 1.88. The first-order valence-corrected chi connectivity index (χ1v) is 7.37. The highest BCUT2D eigenvalue weighted by Gasteiger charge is 2.23. The van der Waals surface area contributed by atoms with Crippen LogP contribution in [0.5, 0.6) is 0 Å². The zero-order valence-corrected chi connectivity index (χ0v) is 10.4. The van der Waals surface area contributed by atoms with Crippen molar-refractivity contribution in [1.29, 1.82) is 0 Å². The second-order valence-corrected chi connectivity index (χ2v) is 5.56. The minimum atomic E-state index is 0.616. The maximum Gasteiger partial charge on any atom is 0.185 e. The fourth-order valence-corrected chi connectivity index (χ4v) is 4.08. The summed E-state index contributed by atoms with van der Waals surface area (Å²) in [4.78, 5) is 6.77. The first kappa shape index (κ1) is 9.80. The van der Waals surface area contributed by atoms with Crippen LogP contribution in [0.3, 0.4) is 0 Å². The van der Waals surface area contributed by atoms with E-state index in [9.17, 15) is 0 Å². The molecule has 1 fully saturated rings. The van der Waals surface area contributed by atoms with Crippen LogP contribution in [0.2, 0.25) is 0 Å². The Labute approximate surface area is 94.9 Å². The van der Waals surface area contributed by atoms with E-state index in [-0.39, 0.29) is 0 Å². The van der Waals surface area contributed by atoms with Crippen LogP contribution in [0.1, 0.15) is 0 Å². The van der Waals surface area contributed by atoms with Crippen molar-refractivity contribution in [2.45, 2.75) is 6.04 Å². The van der Waals surface area contributed by atoms with Crippen LogP contribution in [0.25, 0.3) is 0 Å². The van der Waals surface area contributed by atoms with Gasteiger partial charge in [0.05, 0.1) is 0 Å². The van der Waals surface area contributed by atoms with Crippen molar-refractivity contribution in [3.63, 3.8) is 0 Å². The van der Waals surface area contributed by atoms with Gasteiger partial charge in [-0.3, -0.25) is 0 Å². The zero-order valence-electron chi connectivity index (χ0n) is 7.15. The zero-order chi connectivity index (χ0) is 9.10. The van der Waals surface area contributed by atoms with Crippen molar-refractivity contribution in [2.24, 2.45) is 0 Å². The molecule has 13 heavy (non-hydrogen) atoms. The number of alkyl halides is 1. The molecule has 5 heteroatoms. The van der Waals surface area contributed by atoms with Gasteiger partial charge in [-0.25, -0.2) is 4.98 Å². The van der Waals surface area contributed by atoms with Crippen molar-refractivity contribution in [3.8, 4) is 0 Å². The van der Waals surface area contributed by atoms with Gasteiger partial charge in [0.25, 0.3) is 0 Å². The van der Waals surface area contributed by atoms with Crippen molar-refractivity contribution < 1.29 is 0 Å². The van der Waals surface area contributed by atoms with Crippen LogP contribution in [0.15, 0.2) is 11.6 Å². The molecule has 1 aliphatic rings. The minimum absolute atomic E-state index is 0.616. The molecule has 1 aromatic rings. The third kappa shape index (κ3) is 2.19. The van der Waals surface area contributed by atoms with Gasteiger partial charge in [0, 0.05) is 41.0 Å². The summed E-state index contributed by atoms with van der Waals surface area (Å²) in [6, 6.07) is 0.616. The molecule has 1 aliphatic heterocycles. The van der Waals surface area contributed by atoms with Gasteiger partial charge in [0.2, 0.25) is 0 Å².